The first-order valence-electron chi connectivity index (χ1n) is 9.68. The van der Waals surface area contributed by atoms with Gasteiger partial charge in [0.25, 0.3) is 0 Å². The molecule has 4 rings (SSSR count). The number of hydrogen-bond acceptors (Lipinski definition) is 1. The number of fused-ring (bicyclic) bond motifs is 2. The Labute approximate surface area is 161 Å². The molecule has 0 fully saturated rings. The molecule has 136 valence electrons. The van der Waals surface area contributed by atoms with Gasteiger partial charge in [-0.15, -0.1) is 0 Å². The third kappa shape index (κ3) is 3.24. The predicted octanol–water partition coefficient (Wildman–Crippen LogP) is 7.12. The maximum absolute atomic E-state index is 6.60. The van der Waals surface area contributed by atoms with E-state index in [0.29, 0.717) is 0 Å². The van der Waals surface area contributed by atoms with Crippen LogP contribution in [0, 0.1) is 13.8 Å². The lowest BCUT2D eigenvalue weighted by Gasteiger charge is -2.27. The Morgan fingerprint density at radius 3 is 1.48 bits per heavy atom. The summed E-state index contributed by atoms with van der Waals surface area (Å²) in [5.74, 6) is 0. The molecule has 1 heteroatoms. The molecule has 0 aliphatic heterocycles. The van der Waals surface area contributed by atoms with Crippen LogP contribution in [0.3, 0.4) is 0 Å². The van der Waals surface area contributed by atoms with Crippen molar-refractivity contribution in [2.75, 3.05) is 0 Å². The second-order valence-corrected chi connectivity index (χ2v) is 7.60. The van der Waals surface area contributed by atoms with Crippen LogP contribution in [0.15, 0.2) is 72.8 Å². The molecule has 0 N–H and O–H groups in total. The first-order chi connectivity index (χ1) is 13.1. The lowest BCUT2D eigenvalue weighted by Crippen LogP contribution is -2.15. The van der Waals surface area contributed by atoms with Crippen molar-refractivity contribution in [3.8, 4) is 0 Å². The number of hydrogen-bond donors (Lipinski definition) is 0. The van der Waals surface area contributed by atoms with Gasteiger partial charge >= 0.3 is 0 Å². The normalized spacial score (nSPS) is 11.8. The average molecular weight is 354 g/mol. The molecular formula is C26H26O. The molecular weight excluding hydrogens is 328 g/mol. The topological polar surface area (TPSA) is 9.23 Å². The van der Waals surface area contributed by atoms with Gasteiger partial charge in [-0.1, -0.05) is 72.8 Å². The van der Waals surface area contributed by atoms with Crippen LogP contribution in [0.4, 0.5) is 0 Å². The summed E-state index contributed by atoms with van der Waals surface area (Å²) in [6, 6.07) is 26.1. The Hall–Kier alpha value is -2.64. The van der Waals surface area contributed by atoms with E-state index >= 15 is 0 Å². The second kappa shape index (κ2) is 7.17. The first-order valence-corrected chi connectivity index (χ1v) is 9.68. The molecule has 0 radical (unpaired) electrons. The van der Waals surface area contributed by atoms with Gasteiger partial charge in [-0.25, -0.2) is 0 Å². The van der Waals surface area contributed by atoms with E-state index in [1.165, 1.54) is 43.8 Å². The first kappa shape index (κ1) is 17.8. The van der Waals surface area contributed by atoms with Gasteiger partial charge in [0.15, 0.2) is 0 Å². The Balaban J connectivity index is 2.06. The molecule has 1 nitrogen and oxygen atoms in total. The summed E-state index contributed by atoms with van der Waals surface area (Å²) in [5, 5.41) is 5.06. The van der Waals surface area contributed by atoms with Gasteiger partial charge in [-0.2, -0.15) is 0 Å². The molecule has 0 atom stereocenters. The van der Waals surface area contributed by atoms with E-state index in [2.05, 4.69) is 100 Å². The highest BCUT2D eigenvalue weighted by molar-refractivity contribution is 5.91. The maximum atomic E-state index is 6.60. The van der Waals surface area contributed by atoms with Gasteiger partial charge in [-0.05, 0) is 71.5 Å². The maximum Gasteiger partial charge on any atom is 0.110 e. The van der Waals surface area contributed by atoms with E-state index in [4.69, 9.17) is 4.74 Å². The molecule has 27 heavy (non-hydrogen) atoms. The van der Waals surface area contributed by atoms with E-state index in [1.807, 2.05) is 0 Å². The average Bonchev–Trinajstić information content (AvgIpc) is 2.66. The molecule has 0 saturated heterocycles. The fourth-order valence-electron chi connectivity index (χ4n) is 4.06. The van der Waals surface area contributed by atoms with E-state index in [0.717, 1.165) is 0 Å². The molecule has 4 aromatic rings. The zero-order chi connectivity index (χ0) is 19.0. The standard InChI is InChI=1S/C26H26O/c1-17(2)27-26(24-18(3)13-15-20-9-5-7-11-22(20)24)25-19(4)14-16-21-10-6-8-12-23(21)25/h5-17,26H,1-4H3. The van der Waals surface area contributed by atoms with Crippen LogP contribution in [-0.4, -0.2) is 6.10 Å². The van der Waals surface area contributed by atoms with Crippen LogP contribution < -0.4 is 0 Å². The summed E-state index contributed by atoms with van der Waals surface area (Å²) in [6.07, 6.45) is 0.0361. The van der Waals surface area contributed by atoms with Crippen molar-refractivity contribution in [2.45, 2.75) is 39.9 Å². The third-order valence-electron chi connectivity index (χ3n) is 5.31. The van der Waals surface area contributed by atoms with Crippen LogP contribution in [0.2, 0.25) is 0 Å². The van der Waals surface area contributed by atoms with Crippen LogP contribution in [0.25, 0.3) is 21.5 Å². The molecule has 0 aliphatic rings. The second-order valence-electron chi connectivity index (χ2n) is 7.60. The minimum atomic E-state index is -0.0952. The van der Waals surface area contributed by atoms with Crippen molar-refractivity contribution in [3.05, 3.63) is 95.1 Å². The lowest BCUT2D eigenvalue weighted by atomic mass is 9.87. The van der Waals surface area contributed by atoms with Gasteiger partial charge in [-0.3, -0.25) is 0 Å². The number of rotatable bonds is 4. The SMILES string of the molecule is Cc1ccc2ccccc2c1C(OC(C)C)c1c(C)ccc2ccccc12. The van der Waals surface area contributed by atoms with Gasteiger partial charge in [0.05, 0.1) is 6.10 Å². The molecule has 0 aliphatic carbocycles. The minimum Gasteiger partial charge on any atom is -0.366 e. The monoisotopic (exact) mass is 354 g/mol. The highest BCUT2D eigenvalue weighted by Crippen LogP contribution is 2.39. The number of aryl methyl sites for hydroxylation is 2. The Morgan fingerprint density at radius 1 is 0.593 bits per heavy atom. The van der Waals surface area contributed by atoms with E-state index in [-0.39, 0.29) is 12.2 Å². The highest BCUT2D eigenvalue weighted by atomic mass is 16.5. The summed E-state index contributed by atoms with van der Waals surface area (Å²) in [6.45, 7) is 8.62. The van der Waals surface area contributed by atoms with Crippen molar-refractivity contribution in [1.82, 2.24) is 0 Å². The predicted molar refractivity (Wildman–Crippen MR) is 115 cm³/mol. The summed E-state index contributed by atoms with van der Waals surface area (Å²) < 4.78 is 6.60. The third-order valence-corrected chi connectivity index (χ3v) is 5.31. The largest absolute Gasteiger partial charge is 0.366 e. The smallest absolute Gasteiger partial charge is 0.110 e. The molecule has 0 aromatic heterocycles. The van der Waals surface area contributed by atoms with Gasteiger partial charge in [0, 0.05) is 0 Å². The summed E-state index contributed by atoms with van der Waals surface area (Å²) in [7, 11) is 0. The van der Waals surface area contributed by atoms with Crippen LogP contribution in [0.1, 0.15) is 42.2 Å². The zero-order valence-electron chi connectivity index (χ0n) is 16.5. The van der Waals surface area contributed by atoms with E-state index < -0.39 is 0 Å². The van der Waals surface area contributed by atoms with E-state index in [9.17, 15) is 0 Å². The molecule has 0 unspecified atom stereocenters. The van der Waals surface area contributed by atoms with Crippen LogP contribution in [0.5, 0.6) is 0 Å². The van der Waals surface area contributed by atoms with Crippen molar-refractivity contribution >= 4 is 21.5 Å². The quantitative estimate of drug-likeness (QED) is 0.379. The lowest BCUT2D eigenvalue weighted by molar-refractivity contribution is 0.0313. The fourth-order valence-corrected chi connectivity index (χ4v) is 4.06. The zero-order valence-corrected chi connectivity index (χ0v) is 16.5. The van der Waals surface area contributed by atoms with Crippen molar-refractivity contribution in [3.63, 3.8) is 0 Å². The van der Waals surface area contributed by atoms with Gasteiger partial charge in [0.2, 0.25) is 0 Å². The van der Waals surface area contributed by atoms with Gasteiger partial charge in [0.1, 0.15) is 6.10 Å². The number of ether oxygens (including phenoxy) is 1. The molecule has 0 saturated carbocycles. The van der Waals surface area contributed by atoms with Crippen molar-refractivity contribution < 1.29 is 4.74 Å². The Kier molecular flexibility index (Phi) is 4.72. The molecule has 4 aromatic carbocycles. The van der Waals surface area contributed by atoms with Gasteiger partial charge < -0.3 is 4.74 Å². The number of benzene rings is 4. The highest BCUT2D eigenvalue weighted by Gasteiger charge is 2.24. The molecule has 0 amide bonds. The Morgan fingerprint density at radius 2 is 1.04 bits per heavy atom. The molecule has 0 heterocycles. The Bertz CT molecular complexity index is 1020. The van der Waals surface area contributed by atoms with Crippen LogP contribution >= 0.6 is 0 Å². The molecule has 0 spiro atoms. The summed E-state index contributed by atoms with van der Waals surface area (Å²) >= 11 is 0. The van der Waals surface area contributed by atoms with E-state index in [1.54, 1.807) is 0 Å². The van der Waals surface area contributed by atoms with Crippen molar-refractivity contribution in [1.29, 1.82) is 0 Å². The minimum absolute atomic E-state index is 0.0952. The molecule has 0 bridgehead atoms. The van der Waals surface area contributed by atoms with Crippen LogP contribution in [-0.2, 0) is 4.74 Å². The fraction of sp³-hybridized carbons (Fsp3) is 0.231. The summed E-state index contributed by atoms with van der Waals surface area (Å²) in [5.41, 5.74) is 5.10. The summed E-state index contributed by atoms with van der Waals surface area (Å²) in [4.78, 5) is 0. The van der Waals surface area contributed by atoms with Crippen molar-refractivity contribution in [2.24, 2.45) is 0 Å².